The molecule has 7 heavy (non-hydrogen) atoms. The van der Waals surface area contributed by atoms with Crippen LogP contribution in [0.3, 0.4) is 0 Å². The summed E-state index contributed by atoms with van der Waals surface area (Å²) in [7, 11) is 0. The molecule has 0 amide bonds. The van der Waals surface area contributed by atoms with Crippen molar-refractivity contribution in [1.82, 2.24) is 0 Å². The molecule has 44 valence electrons. The van der Waals surface area contributed by atoms with E-state index >= 15 is 0 Å². The summed E-state index contributed by atoms with van der Waals surface area (Å²) in [6.45, 7) is 1.51. The molecule has 0 radical (unpaired) electrons. The molecule has 1 nitrogen and oxygen atoms in total. The van der Waals surface area contributed by atoms with Crippen molar-refractivity contribution < 1.29 is 4.52 Å². The van der Waals surface area contributed by atoms with Gasteiger partial charge in [0.25, 0.3) is 0 Å². The van der Waals surface area contributed by atoms with Gasteiger partial charge in [-0.2, -0.15) is 0 Å². The molecule has 0 fully saturated rings. The predicted octanol–water partition coefficient (Wildman–Crippen LogP) is 3.12. The van der Waals surface area contributed by atoms with E-state index in [1.807, 2.05) is 6.92 Å². The molecule has 4 heteroatoms. The summed E-state index contributed by atoms with van der Waals surface area (Å²) in [6.07, 6.45) is 0.971. The van der Waals surface area contributed by atoms with Gasteiger partial charge in [-0.1, -0.05) is 6.92 Å². The zero-order chi connectivity index (χ0) is 5.70. The van der Waals surface area contributed by atoms with Crippen molar-refractivity contribution in [1.29, 1.82) is 0 Å². The molecule has 0 heterocycles. The smallest absolute Gasteiger partial charge is 0.225 e. The monoisotopic (exact) mass is 160 g/mol. The summed E-state index contributed by atoms with van der Waals surface area (Å²) in [5.41, 5.74) is 0. The minimum Gasteiger partial charge on any atom is -0.332 e. The molecule has 0 saturated carbocycles. The van der Waals surface area contributed by atoms with Crippen molar-refractivity contribution in [3.05, 3.63) is 0 Å². The van der Waals surface area contributed by atoms with E-state index < -0.39 is 6.85 Å². The van der Waals surface area contributed by atoms with E-state index in [-0.39, 0.29) is 0 Å². The number of rotatable bonds is 3. The highest BCUT2D eigenvalue weighted by Crippen LogP contribution is 2.47. The summed E-state index contributed by atoms with van der Waals surface area (Å²) < 4.78 is 4.79. The molecule has 0 saturated heterocycles. The second-order valence-corrected chi connectivity index (χ2v) is 4.06. The molecule has 0 aromatic carbocycles. The Labute approximate surface area is 54.4 Å². The molecule has 0 aromatic heterocycles. The largest absolute Gasteiger partial charge is 0.332 e. The van der Waals surface area contributed by atoms with Gasteiger partial charge in [0.15, 0.2) is 0 Å². The van der Waals surface area contributed by atoms with Crippen LogP contribution in [0.4, 0.5) is 0 Å². The maximum Gasteiger partial charge on any atom is 0.225 e. The van der Waals surface area contributed by atoms with Gasteiger partial charge in [0, 0.05) is 0 Å². The summed E-state index contributed by atoms with van der Waals surface area (Å²) in [6, 6.07) is 0. The Balaban J connectivity index is 2.68. The van der Waals surface area contributed by atoms with Gasteiger partial charge in [-0.15, -0.1) is 0 Å². The van der Waals surface area contributed by atoms with E-state index in [1.165, 1.54) is 0 Å². The zero-order valence-corrected chi connectivity index (χ0v) is 6.43. The highest BCUT2D eigenvalue weighted by molar-refractivity contribution is 8.00. The second kappa shape index (κ2) is 5.11. The van der Waals surface area contributed by atoms with Crippen LogP contribution in [0.1, 0.15) is 13.3 Å². The Morgan fingerprint density at radius 2 is 2.14 bits per heavy atom. The Kier molecular flexibility index (Phi) is 5.82. The number of hydrogen-bond acceptors (Lipinski definition) is 1. The molecular weight excluding hydrogens is 154 g/mol. The van der Waals surface area contributed by atoms with Gasteiger partial charge in [0.2, 0.25) is 6.85 Å². The molecule has 0 atom stereocenters. The van der Waals surface area contributed by atoms with Crippen LogP contribution in [0.5, 0.6) is 0 Å². The average Bonchev–Trinajstić information content (AvgIpc) is 1.61. The highest BCUT2D eigenvalue weighted by Gasteiger charge is 1.94. The first-order chi connectivity index (χ1) is 3.27. The van der Waals surface area contributed by atoms with Crippen LogP contribution in [-0.4, -0.2) is 6.61 Å². The predicted molar refractivity (Wildman–Crippen MR) is 34.9 cm³/mol. The molecule has 0 bridgehead atoms. The third kappa shape index (κ3) is 6.97. The lowest BCUT2D eigenvalue weighted by atomic mass is 10.5. The zero-order valence-electron chi connectivity index (χ0n) is 4.03. The number of halogens is 2. The summed E-state index contributed by atoms with van der Waals surface area (Å²) >= 11 is 10.5. The van der Waals surface area contributed by atoms with Gasteiger partial charge in [-0.25, -0.2) is 0 Å². The van der Waals surface area contributed by atoms with Crippen molar-refractivity contribution in [3.63, 3.8) is 0 Å². The highest BCUT2D eigenvalue weighted by atomic mass is 35.9. The van der Waals surface area contributed by atoms with Gasteiger partial charge in [0.05, 0.1) is 6.61 Å². The van der Waals surface area contributed by atoms with Crippen molar-refractivity contribution in [2.45, 2.75) is 13.3 Å². The van der Waals surface area contributed by atoms with Crippen LogP contribution >= 0.6 is 29.3 Å². The summed E-state index contributed by atoms with van der Waals surface area (Å²) in [5, 5.41) is 0. The van der Waals surface area contributed by atoms with E-state index in [4.69, 9.17) is 27.0 Å². The molecule has 0 spiro atoms. The van der Waals surface area contributed by atoms with Crippen LogP contribution in [0.2, 0.25) is 0 Å². The SMILES string of the molecule is CCCOP(Cl)Cl. The van der Waals surface area contributed by atoms with Gasteiger partial charge in [-0.05, 0) is 28.9 Å². The first kappa shape index (κ1) is 7.97. The Morgan fingerprint density at radius 1 is 1.57 bits per heavy atom. The van der Waals surface area contributed by atoms with Crippen molar-refractivity contribution in [3.8, 4) is 0 Å². The van der Waals surface area contributed by atoms with Crippen molar-refractivity contribution in [2.75, 3.05) is 6.61 Å². The van der Waals surface area contributed by atoms with Gasteiger partial charge < -0.3 is 4.52 Å². The first-order valence-corrected chi connectivity index (χ1v) is 5.09. The van der Waals surface area contributed by atoms with Crippen LogP contribution in [0, 0.1) is 0 Å². The average molecular weight is 161 g/mol. The lowest BCUT2D eigenvalue weighted by Crippen LogP contribution is -1.78. The minimum atomic E-state index is -1.16. The van der Waals surface area contributed by atoms with Crippen LogP contribution in [0.15, 0.2) is 0 Å². The third-order valence-electron chi connectivity index (χ3n) is 0.393. The summed E-state index contributed by atoms with van der Waals surface area (Å²) in [4.78, 5) is 0. The van der Waals surface area contributed by atoms with Gasteiger partial charge >= 0.3 is 0 Å². The van der Waals surface area contributed by atoms with E-state index in [2.05, 4.69) is 0 Å². The van der Waals surface area contributed by atoms with E-state index in [0.29, 0.717) is 6.61 Å². The first-order valence-electron chi connectivity index (χ1n) is 2.02. The van der Waals surface area contributed by atoms with Crippen molar-refractivity contribution >= 4 is 29.3 Å². The maximum atomic E-state index is 5.26. The fourth-order valence-electron chi connectivity index (χ4n) is 0.160. The Bertz CT molecular complexity index is 41.9. The Morgan fingerprint density at radius 3 is 2.29 bits per heavy atom. The molecule has 0 N–H and O–H groups in total. The van der Waals surface area contributed by atoms with Crippen molar-refractivity contribution in [2.24, 2.45) is 0 Å². The quantitative estimate of drug-likeness (QED) is 0.577. The van der Waals surface area contributed by atoms with E-state index in [9.17, 15) is 0 Å². The molecule has 0 aromatic rings. The fraction of sp³-hybridized carbons (Fsp3) is 1.00. The lowest BCUT2D eigenvalue weighted by Gasteiger charge is -1.96. The standard InChI is InChI=1S/C3H7Cl2OP/c1-2-3-6-7(4)5/h2-3H2,1H3. The second-order valence-electron chi connectivity index (χ2n) is 1.04. The van der Waals surface area contributed by atoms with Crippen LogP contribution in [-0.2, 0) is 4.52 Å². The number of hydrogen-bond donors (Lipinski definition) is 0. The van der Waals surface area contributed by atoms with Gasteiger partial charge in [-0.3, -0.25) is 0 Å². The lowest BCUT2D eigenvalue weighted by molar-refractivity contribution is 0.365. The van der Waals surface area contributed by atoms with E-state index in [1.54, 1.807) is 0 Å². The van der Waals surface area contributed by atoms with Crippen LogP contribution in [0.25, 0.3) is 0 Å². The molecule has 0 aliphatic rings. The fourth-order valence-corrected chi connectivity index (χ4v) is 0.895. The maximum absolute atomic E-state index is 5.26. The molecule has 0 rings (SSSR count). The topological polar surface area (TPSA) is 9.23 Å². The summed E-state index contributed by atoms with van der Waals surface area (Å²) in [5.74, 6) is 0. The molecule has 0 aliphatic carbocycles. The van der Waals surface area contributed by atoms with Crippen LogP contribution < -0.4 is 0 Å². The van der Waals surface area contributed by atoms with Gasteiger partial charge in [0.1, 0.15) is 0 Å². The third-order valence-corrected chi connectivity index (χ3v) is 1.36. The molecular formula is C3H7Cl2OP. The Hall–Kier alpha value is 0.970. The molecule has 0 aliphatic heterocycles. The normalized spacial score (nSPS) is 10.3. The molecule has 0 unspecified atom stereocenters. The minimum absolute atomic E-state index is 0.665. The van der Waals surface area contributed by atoms with E-state index in [0.717, 1.165) is 6.42 Å².